The fraction of sp³-hybridized carbons (Fsp3) is 0.900. The predicted molar refractivity (Wildman–Crippen MR) is 108 cm³/mol. The van der Waals surface area contributed by atoms with Crippen LogP contribution in [0.1, 0.15) is 60.8 Å². The highest BCUT2D eigenvalue weighted by molar-refractivity contribution is 7.47. The van der Waals surface area contributed by atoms with Crippen LogP contribution >= 0.6 is 7.82 Å². The van der Waals surface area contributed by atoms with Crippen LogP contribution in [-0.2, 0) is 27.8 Å². The van der Waals surface area contributed by atoms with Crippen LogP contribution in [-0.4, -0.2) is 58.8 Å². The molecule has 8 nitrogen and oxygen atoms in total. The van der Waals surface area contributed by atoms with Crippen LogP contribution in [0, 0.1) is 5.92 Å². The molecule has 0 radical (unpaired) electrons. The van der Waals surface area contributed by atoms with E-state index in [2.05, 4.69) is 6.58 Å². The second-order valence-electron chi connectivity index (χ2n) is 8.95. The summed E-state index contributed by atoms with van der Waals surface area (Å²) in [5.41, 5.74) is -1.35. The molecule has 0 bridgehead atoms. The van der Waals surface area contributed by atoms with Gasteiger partial charge in [0, 0.05) is 6.42 Å². The largest absolute Gasteiger partial charge is 0.527 e. The van der Waals surface area contributed by atoms with Crippen molar-refractivity contribution in [3.05, 3.63) is 12.3 Å². The molecule has 1 heterocycles. The topological polar surface area (TPSA) is 104 Å². The molecule has 2 N–H and O–H groups in total. The van der Waals surface area contributed by atoms with Gasteiger partial charge < -0.3 is 23.8 Å². The fourth-order valence-electron chi connectivity index (χ4n) is 3.99. The molecule has 1 saturated heterocycles. The molecule has 0 aromatic rings. The van der Waals surface area contributed by atoms with E-state index >= 15 is 0 Å². The van der Waals surface area contributed by atoms with Crippen molar-refractivity contribution in [2.45, 2.75) is 103 Å². The third-order valence-electron chi connectivity index (χ3n) is 5.12. The first-order valence-electron chi connectivity index (χ1n) is 10.4. The first-order valence-corrected chi connectivity index (χ1v) is 11.9. The zero-order valence-corrected chi connectivity index (χ0v) is 19.3. The Morgan fingerprint density at radius 1 is 1.24 bits per heavy atom. The van der Waals surface area contributed by atoms with E-state index in [9.17, 15) is 14.6 Å². The van der Waals surface area contributed by atoms with Gasteiger partial charge in [-0.05, 0) is 53.4 Å². The van der Waals surface area contributed by atoms with Gasteiger partial charge in [0.15, 0.2) is 0 Å². The molecule has 2 rings (SSSR count). The highest BCUT2D eigenvalue weighted by atomic mass is 31.2. The zero-order valence-electron chi connectivity index (χ0n) is 18.4. The predicted octanol–water partition coefficient (Wildman–Crippen LogP) is 3.56. The number of hydrogen-bond acceptors (Lipinski definition) is 7. The maximum atomic E-state index is 12.7. The second-order valence-corrected chi connectivity index (χ2v) is 10.3. The number of rotatable bonds is 10. The van der Waals surface area contributed by atoms with E-state index < -0.39 is 25.6 Å². The SMILES string of the molecule is C=C(OP(=O)(O)OC1CC(C)CC1(O)COC(C)C)C1OC(C)CC1OC(C)C. The van der Waals surface area contributed by atoms with Crippen molar-refractivity contribution in [2.75, 3.05) is 6.61 Å². The van der Waals surface area contributed by atoms with Crippen molar-refractivity contribution in [3.8, 4) is 0 Å². The monoisotopic (exact) mass is 436 g/mol. The van der Waals surface area contributed by atoms with E-state index in [1.807, 2.05) is 41.5 Å². The first kappa shape index (κ1) is 24.8. The van der Waals surface area contributed by atoms with Gasteiger partial charge in [-0.2, -0.15) is 0 Å². The second kappa shape index (κ2) is 9.77. The van der Waals surface area contributed by atoms with Gasteiger partial charge in [-0.3, -0.25) is 9.42 Å². The van der Waals surface area contributed by atoms with E-state index in [1.165, 1.54) is 0 Å². The van der Waals surface area contributed by atoms with Gasteiger partial charge >= 0.3 is 7.82 Å². The Labute approximate surface area is 174 Å². The molecule has 7 unspecified atom stereocenters. The quantitative estimate of drug-likeness (QED) is 0.396. The van der Waals surface area contributed by atoms with E-state index in [-0.39, 0.29) is 42.7 Å². The molecule has 29 heavy (non-hydrogen) atoms. The number of ether oxygens (including phenoxy) is 3. The van der Waals surface area contributed by atoms with Crippen LogP contribution < -0.4 is 0 Å². The summed E-state index contributed by atoms with van der Waals surface area (Å²) >= 11 is 0. The molecule has 0 aromatic carbocycles. The minimum atomic E-state index is -4.54. The van der Waals surface area contributed by atoms with E-state index in [0.717, 1.165) is 0 Å². The normalized spacial score (nSPS) is 37.2. The summed E-state index contributed by atoms with van der Waals surface area (Å²) in [6.45, 7) is 15.2. The standard InChI is InChI=1S/C20H37O8P/c1-12(2)24-11-20(21)10-14(5)8-18(20)28-29(22,23)27-16(7)19-17(25-13(3)4)9-15(6)26-19/h12-15,17-19,21H,7-11H2,1-6H3,(H,22,23). The maximum Gasteiger partial charge on any atom is 0.527 e. The maximum absolute atomic E-state index is 12.7. The van der Waals surface area contributed by atoms with Gasteiger partial charge in [-0.25, -0.2) is 4.57 Å². The Balaban J connectivity index is 2.02. The summed E-state index contributed by atoms with van der Waals surface area (Å²) in [6.07, 6.45) is -0.587. The number of hydrogen-bond donors (Lipinski definition) is 2. The average Bonchev–Trinajstić information content (AvgIpc) is 3.03. The summed E-state index contributed by atoms with van der Waals surface area (Å²) in [7, 11) is -4.54. The minimum Gasteiger partial charge on any atom is -0.406 e. The molecule has 0 amide bonds. The molecule has 2 aliphatic rings. The van der Waals surface area contributed by atoms with Crippen LogP contribution in [0.3, 0.4) is 0 Å². The molecule has 1 aliphatic heterocycles. The van der Waals surface area contributed by atoms with Crippen molar-refractivity contribution >= 4 is 7.82 Å². The van der Waals surface area contributed by atoms with Gasteiger partial charge in [0.2, 0.25) is 0 Å². The summed E-state index contributed by atoms with van der Waals surface area (Å²) in [5, 5.41) is 11.0. The third-order valence-corrected chi connectivity index (χ3v) is 6.11. The van der Waals surface area contributed by atoms with Crippen LogP contribution in [0.4, 0.5) is 0 Å². The van der Waals surface area contributed by atoms with Gasteiger partial charge in [-0.15, -0.1) is 0 Å². The highest BCUT2D eigenvalue weighted by Gasteiger charge is 2.50. The molecule has 1 aliphatic carbocycles. The smallest absolute Gasteiger partial charge is 0.406 e. The van der Waals surface area contributed by atoms with Crippen molar-refractivity contribution in [1.29, 1.82) is 0 Å². The van der Waals surface area contributed by atoms with Gasteiger partial charge in [0.25, 0.3) is 0 Å². The van der Waals surface area contributed by atoms with Gasteiger partial charge in [0.05, 0.1) is 31.0 Å². The van der Waals surface area contributed by atoms with Crippen molar-refractivity contribution in [1.82, 2.24) is 0 Å². The Kier molecular flexibility index (Phi) is 8.36. The molecule has 2 fully saturated rings. The lowest BCUT2D eigenvalue weighted by Gasteiger charge is -2.32. The Bertz CT molecular complexity index is 609. The lowest BCUT2D eigenvalue weighted by atomic mass is 10.0. The number of aliphatic hydroxyl groups is 1. The van der Waals surface area contributed by atoms with Crippen molar-refractivity contribution < 1.29 is 37.8 Å². The Morgan fingerprint density at radius 2 is 1.90 bits per heavy atom. The number of phosphoric ester groups is 1. The van der Waals surface area contributed by atoms with Crippen LogP contribution in [0.15, 0.2) is 12.3 Å². The molecule has 0 spiro atoms. The Hall–Kier alpha value is -0.470. The molecule has 1 saturated carbocycles. The highest BCUT2D eigenvalue weighted by Crippen LogP contribution is 2.52. The Morgan fingerprint density at radius 3 is 2.48 bits per heavy atom. The van der Waals surface area contributed by atoms with Gasteiger partial charge in [0.1, 0.15) is 23.6 Å². The van der Waals surface area contributed by atoms with Crippen molar-refractivity contribution in [2.24, 2.45) is 5.92 Å². The minimum absolute atomic E-state index is 0.0150. The molecular formula is C20H37O8P. The third kappa shape index (κ3) is 7.03. The van der Waals surface area contributed by atoms with Crippen LogP contribution in [0.25, 0.3) is 0 Å². The van der Waals surface area contributed by atoms with Crippen LogP contribution in [0.2, 0.25) is 0 Å². The molecular weight excluding hydrogens is 399 g/mol. The molecule has 170 valence electrons. The fourth-order valence-corrected chi connectivity index (χ4v) is 5.04. The molecule has 7 atom stereocenters. The summed E-state index contributed by atoms with van der Waals surface area (Å²) in [5.74, 6) is 0.102. The summed E-state index contributed by atoms with van der Waals surface area (Å²) in [4.78, 5) is 10.3. The summed E-state index contributed by atoms with van der Waals surface area (Å²) in [6, 6.07) is 0. The lowest BCUT2D eigenvalue weighted by Crippen LogP contribution is -2.44. The lowest BCUT2D eigenvalue weighted by molar-refractivity contribution is -0.113. The average molecular weight is 436 g/mol. The number of phosphoric acid groups is 1. The van der Waals surface area contributed by atoms with Gasteiger partial charge in [-0.1, -0.05) is 13.5 Å². The molecule has 9 heteroatoms. The molecule has 0 aromatic heterocycles. The van der Waals surface area contributed by atoms with Crippen LogP contribution in [0.5, 0.6) is 0 Å². The van der Waals surface area contributed by atoms with E-state index in [0.29, 0.717) is 19.3 Å². The zero-order chi connectivity index (χ0) is 22.0. The van der Waals surface area contributed by atoms with Crippen molar-refractivity contribution in [3.63, 3.8) is 0 Å². The first-order chi connectivity index (χ1) is 13.3. The van der Waals surface area contributed by atoms with E-state index in [1.54, 1.807) is 0 Å². The van der Waals surface area contributed by atoms with E-state index in [4.69, 9.17) is 23.3 Å². The summed E-state index contributed by atoms with van der Waals surface area (Å²) < 4.78 is 40.5.